The lowest BCUT2D eigenvalue weighted by molar-refractivity contribution is -0.142. The average molecular weight is 208 g/mol. The minimum absolute atomic E-state index is 0.0235. The Morgan fingerprint density at radius 1 is 1.31 bits per heavy atom. The van der Waals surface area contributed by atoms with Crippen molar-refractivity contribution in [3.8, 4) is 0 Å². The van der Waals surface area contributed by atoms with Crippen LogP contribution in [0.3, 0.4) is 0 Å². The molecule has 0 aliphatic heterocycles. The zero-order valence-electron chi connectivity index (χ0n) is 8.24. The summed E-state index contributed by atoms with van der Waals surface area (Å²) in [6.45, 7) is 5.06. The number of hydrogen-bond donors (Lipinski definition) is 0. The summed E-state index contributed by atoms with van der Waals surface area (Å²) in [7, 11) is -3.31. The van der Waals surface area contributed by atoms with Gasteiger partial charge in [0.2, 0.25) is 0 Å². The molecule has 0 fully saturated rings. The van der Waals surface area contributed by atoms with Crippen LogP contribution in [-0.2, 0) is 19.4 Å². The van der Waals surface area contributed by atoms with E-state index in [0.717, 1.165) is 0 Å². The van der Waals surface area contributed by atoms with Gasteiger partial charge in [0.15, 0.2) is 15.1 Å². The van der Waals surface area contributed by atoms with Crippen LogP contribution in [0.2, 0.25) is 0 Å². The topological polar surface area (TPSA) is 60.4 Å². The number of sulfone groups is 1. The van der Waals surface area contributed by atoms with Crippen LogP contribution >= 0.6 is 0 Å². The lowest BCUT2D eigenvalue weighted by Gasteiger charge is -2.12. The largest absolute Gasteiger partial charge is 0.465 e. The van der Waals surface area contributed by atoms with Crippen LogP contribution in [0.25, 0.3) is 0 Å². The molecule has 5 heteroatoms. The van der Waals surface area contributed by atoms with E-state index in [0.29, 0.717) is 0 Å². The molecule has 0 amide bonds. The third kappa shape index (κ3) is 3.34. The maximum Gasteiger partial charge on any atom is 0.324 e. The second-order valence-electron chi connectivity index (χ2n) is 2.60. The Morgan fingerprint density at radius 2 is 1.85 bits per heavy atom. The molecule has 0 radical (unpaired) electrons. The summed E-state index contributed by atoms with van der Waals surface area (Å²) in [4.78, 5) is 11.2. The summed E-state index contributed by atoms with van der Waals surface area (Å²) >= 11 is 0. The van der Waals surface area contributed by atoms with Crippen molar-refractivity contribution < 1.29 is 17.9 Å². The van der Waals surface area contributed by atoms with E-state index in [4.69, 9.17) is 0 Å². The molecular weight excluding hydrogens is 192 g/mol. The van der Waals surface area contributed by atoms with E-state index in [-0.39, 0.29) is 18.8 Å². The summed E-state index contributed by atoms with van der Waals surface area (Å²) < 4.78 is 27.4. The standard InChI is InChI=1S/C8H16O4S/c1-4-7(8(9)12-5-2)13(10,11)6-3/h7H,4-6H2,1-3H3. The lowest BCUT2D eigenvalue weighted by Crippen LogP contribution is -2.32. The van der Waals surface area contributed by atoms with Gasteiger partial charge in [0, 0.05) is 5.75 Å². The van der Waals surface area contributed by atoms with Crippen molar-refractivity contribution in [1.29, 1.82) is 0 Å². The molecule has 0 saturated heterocycles. The molecule has 0 aliphatic rings. The Bertz CT molecular complexity index is 255. The highest BCUT2D eigenvalue weighted by molar-refractivity contribution is 7.92. The summed E-state index contributed by atoms with van der Waals surface area (Å²) in [5.41, 5.74) is 0. The number of carbonyl (C=O) groups is 1. The van der Waals surface area contributed by atoms with E-state index in [2.05, 4.69) is 4.74 Å². The first kappa shape index (κ1) is 12.4. The van der Waals surface area contributed by atoms with Gasteiger partial charge in [0.25, 0.3) is 0 Å². The molecule has 13 heavy (non-hydrogen) atoms. The Morgan fingerprint density at radius 3 is 2.15 bits per heavy atom. The number of carbonyl (C=O) groups excluding carboxylic acids is 1. The normalized spacial score (nSPS) is 13.8. The minimum Gasteiger partial charge on any atom is -0.465 e. The lowest BCUT2D eigenvalue weighted by atomic mass is 10.3. The van der Waals surface area contributed by atoms with Gasteiger partial charge in [-0.15, -0.1) is 0 Å². The zero-order chi connectivity index (χ0) is 10.5. The van der Waals surface area contributed by atoms with Crippen molar-refractivity contribution >= 4 is 15.8 Å². The quantitative estimate of drug-likeness (QED) is 0.626. The van der Waals surface area contributed by atoms with Crippen LogP contribution < -0.4 is 0 Å². The van der Waals surface area contributed by atoms with Gasteiger partial charge in [-0.1, -0.05) is 13.8 Å². The Hall–Kier alpha value is -0.580. The highest BCUT2D eigenvalue weighted by Gasteiger charge is 2.30. The van der Waals surface area contributed by atoms with Crippen LogP contribution in [0.5, 0.6) is 0 Å². The fraction of sp³-hybridized carbons (Fsp3) is 0.875. The fourth-order valence-corrected chi connectivity index (χ4v) is 2.28. The summed E-state index contributed by atoms with van der Waals surface area (Å²) in [5, 5.41) is -0.988. The first-order valence-corrected chi connectivity index (χ1v) is 6.09. The van der Waals surface area contributed by atoms with Crippen molar-refractivity contribution in [2.75, 3.05) is 12.4 Å². The van der Waals surface area contributed by atoms with Crippen molar-refractivity contribution in [2.24, 2.45) is 0 Å². The Labute approximate surface area is 79.2 Å². The SMILES string of the molecule is CCOC(=O)C(CC)S(=O)(=O)CC. The van der Waals surface area contributed by atoms with Crippen LogP contribution in [0.15, 0.2) is 0 Å². The van der Waals surface area contributed by atoms with Crippen LogP contribution in [0, 0.1) is 0 Å². The molecular formula is C8H16O4S. The second-order valence-corrected chi connectivity index (χ2v) is 5.07. The number of rotatable bonds is 5. The molecule has 1 atom stereocenters. The zero-order valence-corrected chi connectivity index (χ0v) is 9.06. The Kier molecular flexibility index (Phi) is 4.98. The molecule has 0 aromatic heterocycles. The van der Waals surface area contributed by atoms with Gasteiger partial charge >= 0.3 is 5.97 Å². The monoisotopic (exact) mass is 208 g/mol. The van der Waals surface area contributed by atoms with E-state index >= 15 is 0 Å². The summed E-state index contributed by atoms with van der Waals surface area (Å²) in [6.07, 6.45) is 0.273. The highest BCUT2D eigenvalue weighted by Crippen LogP contribution is 2.08. The minimum atomic E-state index is -3.31. The van der Waals surface area contributed by atoms with Gasteiger partial charge in [0.1, 0.15) is 0 Å². The van der Waals surface area contributed by atoms with Gasteiger partial charge in [-0.3, -0.25) is 4.79 Å². The van der Waals surface area contributed by atoms with E-state index in [9.17, 15) is 13.2 Å². The molecule has 0 bridgehead atoms. The van der Waals surface area contributed by atoms with Gasteiger partial charge < -0.3 is 4.74 Å². The van der Waals surface area contributed by atoms with Crippen molar-refractivity contribution in [2.45, 2.75) is 32.4 Å². The predicted octanol–water partition coefficient (Wildman–Crippen LogP) is 0.763. The Balaban J connectivity index is 4.61. The molecule has 0 rings (SSSR count). The molecule has 0 aromatic rings. The van der Waals surface area contributed by atoms with Crippen molar-refractivity contribution in [3.05, 3.63) is 0 Å². The first-order valence-electron chi connectivity index (χ1n) is 4.37. The van der Waals surface area contributed by atoms with Crippen molar-refractivity contribution in [3.63, 3.8) is 0 Å². The smallest absolute Gasteiger partial charge is 0.324 e. The number of ether oxygens (including phenoxy) is 1. The first-order chi connectivity index (χ1) is 5.99. The van der Waals surface area contributed by atoms with E-state index in [1.165, 1.54) is 6.92 Å². The fourth-order valence-electron chi connectivity index (χ4n) is 1.00. The second kappa shape index (κ2) is 5.21. The third-order valence-corrected chi connectivity index (χ3v) is 3.95. The van der Waals surface area contributed by atoms with Gasteiger partial charge in [-0.05, 0) is 13.3 Å². The van der Waals surface area contributed by atoms with Crippen LogP contribution in [-0.4, -0.2) is 32.0 Å². The summed E-state index contributed by atoms with van der Waals surface area (Å²) in [6, 6.07) is 0. The molecule has 0 spiro atoms. The molecule has 0 N–H and O–H groups in total. The highest BCUT2D eigenvalue weighted by atomic mass is 32.2. The van der Waals surface area contributed by atoms with E-state index < -0.39 is 21.1 Å². The molecule has 0 saturated carbocycles. The van der Waals surface area contributed by atoms with Crippen LogP contribution in [0.1, 0.15) is 27.2 Å². The third-order valence-electron chi connectivity index (χ3n) is 1.76. The molecule has 4 nitrogen and oxygen atoms in total. The molecule has 0 heterocycles. The molecule has 0 aromatic carbocycles. The molecule has 0 aliphatic carbocycles. The maximum atomic E-state index is 11.3. The maximum absolute atomic E-state index is 11.3. The number of hydrogen-bond acceptors (Lipinski definition) is 4. The van der Waals surface area contributed by atoms with Gasteiger partial charge in [-0.2, -0.15) is 0 Å². The average Bonchev–Trinajstić information content (AvgIpc) is 2.05. The van der Waals surface area contributed by atoms with E-state index in [1.54, 1.807) is 13.8 Å². The predicted molar refractivity (Wildman–Crippen MR) is 50.2 cm³/mol. The van der Waals surface area contributed by atoms with Gasteiger partial charge in [-0.25, -0.2) is 8.42 Å². The van der Waals surface area contributed by atoms with E-state index in [1.807, 2.05) is 0 Å². The number of esters is 1. The van der Waals surface area contributed by atoms with Crippen LogP contribution in [0.4, 0.5) is 0 Å². The molecule has 78 valence electrons. The van der Waals surface area contributed by atoms with Gasteiger partial charge in [0.05, 0.1) is 6.61 Å². The molecule has 1 unspecified atom stereocenters. The summed E-state index contributed by atoms with van der Waals surface area (Å²) in [5.74, 6) is -0.656. The van der Waals surface area contributed by atoms with Crippen molar-refractivity contribution in [1.82, 2.24) is 0 Å².